The third kappa shape index (κ3) is 4.91. The summed E-state index contributed by atoms with van der Waals surface area (Å²) >= 11 is 1.36. The number of aromatic nitrogens is 1. The van der Waals surface area contributed by atoms with Crippen molar-refractivity contribution < 1.29 is 27.6 Å². The zero-order chi connectivity index (χ0) is 25.3. The minimum absolute atomic E-state index is 0.0818. The number of rotatable bonds is 7. The minimum atomic E-state index is -4.49. The second-order valence-corrected chi connectivity index (χ2v) is 11.6. The molecule has 0 saturated carbocycles. The zero-order valence-electron chi connectivity index (χ0n) is 19.3. The minimum Gasteiger partial charge on any atom is -0.340 e. The second-order valence-electron chi connectivity index (χ2n) is 9.05. The highest BCUT2D eigenvalue weighted by Gasteiger charge is 2.55. The molecule has 0 bridgehead atoms. The van der Waals surface area contributed by atoms with Crippen LogP contribution in [0.2, 0.25) is 0 Å². The van der Waals surface area contributed by atoms with Crippen molar-refractivity contribution in [1.29, 1.82) is 0 Å². The zero-order valence-corrected chi connectivity index (χ0v) is 20.9. The van der Waals surface area contributed by atoms with E-state index in [0.29, 0.717) is 12.0 Å². The molecule has 186 valence electrons. The molecule has 0 aliphatic carbocycles. The fourth-order valence-electron chi connectivity index (χ4n) is 4.61. The van der Waals surface area contributed by atoms with Crippen LogP contribution in [0.15, 0.2) is 41.4 Å². The van der Waals surface area contributed by atoms with Crippen LogP contribution in [0.5, 0.6) is 0 Å². The largest absolute Gasteiger partial charge is 0.340 e. The Morgan fingerprint density at radius 1 is 1.23 bits per heavy atom. The third-order valence-electron chi connectivity index (χ3n) is 6.19. The van der Waals surface area contributed by atoms with Crippen LogP contribution in [0.4, 0.5) is 0 Å². The molecule has 12 heteroatoms. The van der Waals surface area contributed by atoms with E-state index in [0.717, 1.165) is 10.5 Å². The third-order valence-corrected chi connectivity index (χ3v) is 8.60. The first-order valence-corrected chi connectivity index (χ1v) is 13.6. The van der Waals surface area contributed by atoms with Gasteiger partial charge in [-0.15, -0.1) is 0 Å². The Labute approximate surface area is 207 Å². The standard InChI is InChI=1S/C23H26N4O6S2/c1-14(2)10-17(25-21(29)16-6-9-34-13-16)22(30)26-8-5-18-20(26)19(28)12-27(18)35(32,33)23(31)15-4-3-7-24-11-15/h3-4,6-7,9,11,13-14,17-18,20H,5,8,10,12H2,1-2H3,(H,25,29). The number of nitrogens with zero attached hydrogens (tertiary/aromatic N) is 3. The molecule has 4 heterocycles. The lowest BCUT2D eigenvalue weighted by Crippen LogP contribution is -2.53. The molecule has 2 fully saturated rings. The first-order chi connectivity index (χ1) is 16.6. The highest BCUT2D eigenvalue weighted by molar-refractivity contribution is 8.04. The average Bonchev–Trinajstić information content (AvgIpc) is 3.57. The number of hydrogen-bond acceptors (Lipinski definition) is 8. The van der Waals surface area contributed by atoms with E-state index in [4.69, 9.17) is 0 Å². The number of fused-ring (bicyclic) bond motifs is 1. The van der Waals surface area contributed by atoms with E-state index in [1.165, 1.54) is 34.6 Å². The van der Waals surface area contributed by atoms with E-state index < -0.39 is 51.5 Å². The van der Waals surface area contributed by atoms with Crippen molar-refractivity contribution >= 4 is 44.1 Å². The fraction of sp³-hybridized carbons (Fsp3) is 0.435. The molecule has 2 saturated heterocycles. The van der Waals surface area contributed by atoms with E-state index >= 15 is 0 Å². The smallest absolute Gasteiger partial charge is 0.293 e. The molecule has 2 aliphatic rings. The number of Topliss-reactive ketones (excluding diaryl/α,β-unsaturated/α-hetero) is 1. The molecule has 10 nitrogen and oxygen atoms in total. The molecule has 35 heavy (non-hydrogen) atoms. The van der Waals surface area contributed by atoms with Gasteiger partial charge in [0.25, 0.3) is 21.0 Å². The summed E-state index contributed by atoms with van der Waals surface area (Å²) in [6.45, 7) is 3.51. The number of sulfonamides is 1. The fourth-order valence-corrected chi connectivity index (χ4v) is 6.75. The number of nitrogens with one attached hydrogen (secondary N) is 1. The Morgan fingerprint density at radius 3 is 2.63 bits per heavy atom. The molecular formula is C23H26N4O6S2. The van der Waals surface area contributed by atoms with Crippen LogP contribution < -0.4 is 5.32 Å². The average molecular weight is 519 g/mol. The first-order valence-electron chi connectivity index (χ1n) is 11.2. The van der Waals surface area contributed by atoms with Crippen LogP contribution in [-0.4, -0.2) is 76.5 Å². The number of thiophene rings is 1. The molecule has 0 radical (unpaired) electrons. The maximum atomic E-state index is 13.5. The van der Waals surface area contributed by atoms with Crippen molar-refractivity contribution in [3.63, 3.8) is 0 Å². The molecule has 3 atom stereocenters. The number of likely N-dealkylation sites (tertiary alicyclic amines) is 1. The van der Waals surface area contributed by atoms with Gasteiger partial charge in [0.2, 0.25) is 5.91 Å². The Hall–Kier alpha value is -2.96. The van der Waals surface area contributed by atoms with Crippen molar-refractivity contribution in [3.8, 4) is 0 Å². The highest BCUT2D eigenvalue weighted by Crippen LogP contribution is 2.33. The molecule has 1 N–H and O–H groups in total. The molecule has 2 aliphatic heterocycles. The Kier molecular flexibility index (Phi) is 7.15. The lowest BCUT2D eigenvalue weighted by atomic mass is 10.0. The first kappa shape index (κ1) is 25.1. The van der Waals surface area contributed by atoms with Crippen LogP contribution in [0, 0.1) is 5.92 Å². The van der Waals surface area contributed by atoms with E-state index in [1.54, 1.807) is 16.8 Å². The monoisotopic (exact) mass is 518 g/mol. The summed E-state index contributed by atoms with van der Waals surface area (Å²) in [6.07, 6.45) is 3.16. The molecular weight excluding hydrogens is 492 g/mol. The van der Waals surface area contributed by atoms with Crippen molar-refractivity contribution in [2.45, 2.75) is 44.8 Å². The Balaban J connectivity index is 1.54. The normalized spacial score (nSPS) is 21.2. The summed E-state index contributed by atoms with van der Waals surface area (Å²) in [5.74, 6) is -1.18. The van der Waals surface area contributed by atoms with Crippen LogP contribution in [0.25, 0.3) is 0 Å². The summed E-state index contributed by atoms with van der Waals surface area (Å²) in [5, 5.41) is 5.08. The Morgan fingerprint density at radius 2 is 2.00 bits per heavy atom. The number of hydrogen-bond donors (Lipinski definition) is 1. The van der Waals surface area contributed by atoms with Crippen molar-refractivity contribution in [3.05, 3.63) is 52.5 Å². The van der Waals surface area contributed by atoms with Gasteiger partial charge in [-0.05, 0) is 42.3 Å². The lowest BCUT2D eigenvalue weighted by molar-refractivity contribution is -0.138. The van der Waals surface area contributed by atoms with Gasteiger partial charge in [0.1, 0.15) is 12.1 Å². The van der Waals surface area contributed by atoms with Gasteiger partial charge >= 0.3 is 0 Å². The number of ketones is 1. The van der Waals surface area contributed by atoms with Crippen molar-refractivity contribution in [2.24, 2.45) is 5.92 Å². The van der Waals surface area contributed by atoms with Gasteiger partial charge in [-0.3, -0.25) is 24.2 Å². The van der Waals surface area contributed by atoms with Gasteiger partial charge in [0.05, 0.1) is 23.7 Å². The van der Waals surface area contributed by atoms with Crippen LogP contribution >= 0.6 is 11.3 Å². The number of carbonyl (C=O) groups is 4. The van der Waals surface area contributed by atoms with E-state index in [9.17, 15) is 27.6 Å². The van der Waals surface area contributed by atoms with Crippen molar-refractivity contribution in [1.82, 2.24) is 19.5 Å². The number of carbonyl (C=O) groups excluding carboxylic acids is 4. The van der Waals surface area contributed by atoms with Gasteiger partial charge in [0.15, 0.2) is 5.78 Å². The second kappa shape index (κ2) is 9.96. The SMILES string of the molecule is CC(C)CC(NC(=O)c1ccsc1)C(=O)N1CCC2C1C(=O)CN2S(=O)(=O)C(=O)c1cccnc1. The van der Waals surface area contributed by atoms with E-state index in [-0.39, 0.29) is 30.4 Å². The van der Waals surface area contributed by atoms with E-state index in [1.807, 2.05) is 13.8 Å². The molecule has 2 aromatic heterocycles. The maximum absolute atomic E-state index is 13.5. The summed E-state index contributed by atoms with van der Waals surface area (Å²) in [7, 11) is -4.49. The maximum Gasteiger partial charge on any atom is 0.293 e. The quantitative estimate of drug-likeness (QED) is 0.584. The van der Waals surface area contributed by atoms with Gasteiger partial charge in [-0.2, -0.15) is 15.6 Å². The molecule has 2 aromatic rings. The lowest BCUT2D eigenvalue weighted by Gasteiger charge is -2.29. The summed E-state index contributed by atoms with van der Waals surface area (Å²) in [5.41, 5.74) is 0.349. The van der Waals surface area contributed by atoms with Gasteiger partial charge in [-0.25, -0.2) is 8.42 Å². The van der Waals surface area contributed by atoms with Crippen LogP contribution in [0.3, 0.4) is 0 Å². The van der Waals surface area contributed by atoms with Crippen molar-refractivity contribution in [2.75, 3.05) is 13.1 Å². The van der Waals surface area contributed by atoms with E-state index in [2.05, 4.69) is 10.3 Å². The summed E-state index contributed by atoms with van der Waals surface area (Å²) in [4.78, 5) is 56.9. The predicted octanol–water partition coefficient (Wildman–Crippen LogP) is 1.31. The highest BCUT2D eigenvalue weighted by atomic mass is 32.2. The topological polar surface area (TPSA) is 134 Å². The van der Waals surface area contributed by atoms with Gasteiger partial charge < -0.3 is 10.2 Å². The number of amides is 2. The van der Waals surface area contributed by atoms with Gasteiger partial charge in [0, 0.05) is 24.3 Å². The van der Waals surface area contributed by atoms with Crippen LogP contribution in [0.1, 0.15) is 47.4 Å². The predicted molar refractivity (Wildman–Crippen MR) is 128 cm³/mol. The molecule has 0 aromatic carbocycles. The van der Waals surface area contributed by atoms with Crippen LogP contribution in [-0.2, 0) is 19.6 Å². The van der Waals surface area contributed by atoms with Gasteiger partial charge in [-0.1, -0.05) is 13.8 Å². The summed E-state index contributed by atoms with van der Waals surface area (Å²) in [6, 6.07) is 1.77. The molecule has 2 amide bonds. The number of pyridine rings is 1. The molecule has 4 rings (SSSR count). The molecule has 0 spiro atoms. The Bertz CT molecular complexity index is 1230. The summed E-state index contributed by atoms with van der Waals surface area (Å²) < 4.78 is 27.1. The molecule has 3 unspecified atom stereocenters.